The van der Waals surface area contributed by atoms with Crippen LogP contribution in [0.4, 0.5) is 0 Å². The Morgan fingerprint density at radius 2 is 2.10 bits per heavy atom. The molecular formula is C16H30ClN3S. The van der Waals surface area contributed by atoms with E-state index in [1.54, 1.807) is 0 Å². The van der Waals surface area contributed by atoms with Gasteiger partial charge in [0.1, 0.15) is 5.01 Å². The van der Waals surface area contributed by atoms with Crippen molar-refractivity contribution in [3.63, 3.8) is 0 Å². The number of nitrogens with one attached hydrogen (secondary N) is 1. The van der Waals surface area contributed by atoms with Crippen molar-refractivity contribution in [2.45, 2.75) is 65.0 Å². The summed E-state index contributed by atoms with van der Waals surface area (Å²) in [6, 6.07) is 0.719. The van der Waals surface area contributed by atoms with E-state index in [1.165, 1.54) is 35.7 Å². The number of aromatic nitrogens is 1. The molecule has 1 fully saturated rings. The normalized spacial score (nSPS) is 20.1. The van der Waals surface area contributed by atoms with Gasteiger partial charge in [-0.25, -0.2) is 4.98 Å². The van der Waals surface area contributed by atoms with Gasteiger partial charge in [0, 0.05) is 17.1 Å². The van der Waals surface area contributed by atoms with Crippen LogP contribution in [-0.4, -0.2) is 35.6 Å². The minimum atomic E-state index is 0. The molecule has 122 valence electrons. The van der Waals surface area contributed by atoms with Crippen LogP contribution >= 0.6 is 23.7 Å². The lowest BCUT2D eigenvalue weighted by Gasteiger charge is -2.29. The number of halogens is 1. The van der Waals surface area contributed by atoms with Crippen LogP contribution in [0.15, 0.2) is 6.20 Å². The highest BCUT2D eigenvalue weighted by Gasteiger charge is 2.21. The molecule has 21 heavy (non-hydrogen) atoms. The molecule has 1 N–H and O–H groups in total. The average Bonchev–Trinajstić information content (AvgIpc) is 2.71. The zero-order chi connectivity index (χ0) is 14.6. The fourth-order valence-electron chi connectivity index (χ4n) is 2.77. The Morgan fingerprint density at radius 1 is 1.33 bits per heavy atom. The topological polar surface area (TPSA) is 28.2 Å². The van der Waals surface area contributed by atoms with Crippen molar-refractivity contribution in [3.8, 4) is 0 Å². The van der Waals surface area contributed by atoms with Gasteiger partial charge in [0.15, 0.2) is 0 Å². The summed E-state index contributed by atoms with van der Waals surface area (Å²) in [5.74, 6) is 0. The molecule has 0 spiro atoms. The van der Waals surface area contributed by atoms with Gasteiger partial charge in [0.05, 0.1) is 6.54 Å². The average molecular weight is 332 g/mol. The minimum absolute atomic E-state index is 0. The maximum Gasteiger partial charge on any atom is 0.107 e. The summed E-state index contributed by atoms with van der Waals surface area (Å²) in [6.07, 6.45) is 5.96. The summed E-state index contributed by atoms with van der Waals surface area (Å²) < 4.78 is 0. The number of hydrogen-bond acceptors (Lipinski definition) is 4. The highest BCUT2D eigenvalue weighted by molar-refractivity contribution is 7.11. The van der Waals surface area contributed by atoms with Gasteiger partial charge in [-0.3, -0.25) is 4.90 Å². The molecule has 1 atom stereocenters. The summed E-state index contributed by atoms with van der Waals surface area (Å²) in [4.78, 5) is 8.65. The number of rotatable bonds is 4. The van der Waals surface area contributed by atoms with E-state index in [-0.39, 0.29) is 17.8 Å². The Morgan fingerprint density at radius 3 is 2.71 bits per heavy atom. The predicted molar refractivity (Wildman–Crippen MR) is 94.7 cm³/mol. The van der Waals surface area contributed by atoms with Gasteiger partial charge in [-0.2, -0.15) is 0 Å². The summed E-state index contributed by atoms with van der Waals surface area (Å²) in [6.45, 7) is 13.5. The van der Waals surface area contributed by atoms with Gasteiger partial charge in [0.25, 0.3) is 0 Å². The molecule has 1 saturated heterocycles. The molecular weight excluding hydrogens is 302 g/mol. The van der Waals surface area contributed by atoms with E-state index in [9.17, 15) is 0 Å². The molecule has 2 heterocycles. The molecule has 1 aliphatic heterocycles. The maximum atomic E-state index is 4.65. The van der Waals surface area contributed by atoms with Gasteiger partial charge in [-0.15, -0.1) is 23.7 Å². The first-order valence-electron chi connectivity index (χ1n) is 7.90. The highest BCUT2D eigenvalue weighted by Crippen LogP contribution is 2.28. The summed E-state index contributed by atoms with van der Waals surface area (Å²) >= 11 is 1.88. The lowest BCUT2D eigenvalue weighted by molar-refractivity contribution is 0.182. The van der Waals surface area contributed by atoms with Crippen molar-refractivity contribution < 1.29 is 0 Å². The van der Waals surface area contributed by atoms with Crippen LogP contribution in [-0.2, 0) is 12.0 Å². The Bertz CT molecular complexity index is 406. The number of nitrogens with zero attached hydrogens (tertiary/aromatic N) is 2. The molecule has 1 aromatic heterocycles. The number of thiazole rings is 1. The van der Waals surface area contributed by atoms with Crippen molar-refractivity contribution in [1.82, 2.24) is 15.2 Å². The van der Waals surface area contributed by atoms with E-state index < -0.39 is 0 Å². The smallest absolute Gasteiger partial charge is 0.107 e. The first kappa shape index (κ1) is 18.9. The molecule has 3 nitrogen and oxygen atoms in total. The Kier molecular flexibility index (Phi) is 7.62. The van der Waals surface area contributed by atoms with Crippen molar-refractivity contribution in [3.05, 3.63) is 16.1 Å². The zero-order valence-electron chi connectivity index (χ0n) is 13.8. The Hall–Kier alpha value is -0.160. The summed E-state index contributed by atoms with van der Waals surface area (Å²) in [5.41, 5.74) is 0.221. The standard InChI is InChI=1S/C16H29N3S.ClH/c1-5-19(13-7-6-9-17-10-8-13)12-15-18-11-14(20-15)16(2,3)4;/h11,13,17H,5-10,12H2,1-4H3;1H. The maximum absolute atomic E-state index is 4.65. The van der Waals surface area contributed by atoms with Crippen LogP contribution in [0.2, 0.25) is 0 Å². The van der Waals surface area contributed by atoms with Gasteiger partial charge in [0.2, 0.25) is 0 Å². The van der Waals surface area contributed by atoms with Crippen LogP contribution < -0.4 is 5.32 Å². The molecule has 0 bridgehead atoms. The summed E-state index contributed by atoms with van der Waals surface area (Å²) in [5, 5.41) is 4.78. The fraction of sp³-hybridized carbons (Fsp3) is 0.812. The fourth-order valence-corrected chi connectivity index (χ4v) is 3.77. The Labute approximate surface area is 139 Å². The molecule has 0 aromatic carbocycles. The van der Waals surface area contributed by atoms with Crippen LogP contribution in [0.5, 0.6) is 0 Å². The number of hydrogen-bond donors (Lipinski definition) is 1. The highest BCUT2D eigenvalue weighted by atomic mass is 35.5. The minimum Gasteiger partial charge on any atom is -0.317 e. The molecule has 0 saturated carbocycles. The van der Waals surface area contributed by atoms with E-state index >= 15 is 0 Å². The van der Waals surface area contributed by atoms with E-state index in [2.05, 4.69) is 49.1 Å². The molecule has 5 heteroatoms. The van der Waals surface area contributed by atoms with Crippen LogP contribution in [0, 0.1) is 0 Å². The van der Waals surface area contributed by atoms with E-state index in [0.717, 1.165) is 25.7 Å². The van der Waals surface area contributed by atoms with Crippen molar-refractivity contribution in [1.29, 1.82) is 0 Å². The zero-order valence-corrected chi connectivity index (χ0v) is 15.4. The van der Waals surface area contributed by atoms with Gasteiger partial charge in [-0.05, 0) is 44.3 Å². The molecule has 0 radical (unpaired) electrons. The third kappa shape index (κ3) is 5.51. The third-order valence-corrected chi connectivity index (χ3v) is 5.51. The molecule has 0 amide bonds. The quantitative estimate of drug-likeness (QED) is 0.909. The van der Waals surface area contributed by atoms with Crippen LogP contribution in [0.25, 0.3) is 0 Å². The lowest BCUT2D eigenvalue weighted by Crippen LogP contribution is -2.35. The predicted octanol–water partition coefficient (Wildman–Crippen LogP) is 3.83. The van der Waals surface area contributed by atoms with Gasteiger partial charge >= 0.3 is 0 Å². The van der Waals surface area contributed by atoms with Gasteiger partial charge < -0.3 is 5.32 Å². The lowest BCUT2D eigenvalue weighted by atomic mass is 9.96. The second kappa shape index (κ2) is 8.47. The molecule has 1 aliphatic rings. The largest absolute Gasteiger partial charge is 0.317 e. The second-order valence-corrected chi connectivity index (χ2v) is 7.88. The summed E-state index contributed by atoms with van der Waals surface area (Å²) in [7, 11) is 0. The van der Waals surface area contributed by atoms with Crippen LogP contribution in [0.1, 0.15) is 56.8 Å². The van der Waals surface area contributed by atoms with E-state index in [1.807, 2.05) is 11.3 Å². The van der Waals surface area contributed by atoms with Crippen molar-refractivity contribution >= 4 is 23.7 Å². The van der Waals surface area contributed by atoms with Crippen molar-refractivity contribution in [2.75, 3.05) is 19.6 Å². The monoisotopic (exact) mass is 331 g/mol. The SMILES string of the molecule is CCN(Cc1ncc(C(C)(C)C)s1)C1CCCNCC1.Cl. The van der Waals surface area contributed by atoms with E-state index in [0.29, 0.717) is 0 Å². The van der Waals surface area contributed by atoms with E-state index in [4.69, 9.17) is 0 Å². The molecule has 0 aliphatic carbocycles. The first-order chi connectivity index (χ1) is 9.50. The molecule has 1 unspecified atom stereocenters. The molecule has 1 aromatic rings. The Balaban J connectivity index is 0.00000220. The third-order valence-electron chi connectivity index (χ3n) is 4.10. The van der Waals surface area contributed by atoms with Crippen molar-refractivity contribution in [2.24, 2.45) is 0 Å². The second-order valence-electron chi connectivity index (χ2n) is 6.77. The first-order valence-corrected chi connectivity index (χ1v) is 8.72. The molecule has 2 rings (SSSR count). The van der Waals surface area contributed by atoms with Gasteiger partial charge in [-0.1, -0.05) is 27.7 Å². The van der Waals surface area contributed by atoms with Crippen LogP contribution in [0.3, 0.4) is 0 Å².